The molecule has 4 heteroatoms. The Morgan fingerprint density at radius 2 is 1.74 bits per heavy atom. The van der Waals surface area contributed by atoms with E-state index in [2.05, 4.69) is 22.0 Å². The summed E-state index contributed by atoms with van der Waals surface area (Å²) in [5.74, 6) is -0.220. The normalized spacial score (nSPS) is 14.1. The van der Waals surface area contributed by atoms with E-state index in [9.17, 15) is 4.39 Å². The monoisotopic (exact) mass is 339 g/mol. The van der Waals surface area contributed by atoms with Crippen LogP contribution >= 0.6 is 27.7 Å². The summed E-state index contributed by atoms with van der Waals surface area (Å²) < 4.78 is 14.0. The van der Waals surface area contributed by atoms with Crippen LogP contribution in [0.2, 0.25) is 0 Å². The highest BCUT2D eigenvalue weighted by Crippen LogP contribution is 2.39. The van der Waals surface area contributed by atoms with Crippen molar-refractivity contribution in [2.45, 2.75) is 23.1 Å². The molecule has 19 heavy (non-hydrogen) atoms. The van der Waals surface area contributed by atoms with Crippen molar-refractivity contribution in [2.24, 2.45) is 5.73 Å². The summed E-state index contributed by atoms with van der Waals surface area (Å²) in [5, 5.41) is 0.126. The molecule has 2 rings (SSSR count). The van der Waals surface area contributed by atoms with E-state index in [1.54, 1.807) is 23.9 Å². The molecule has 0 heterocycles. The largest absolute Gasteiger partial charge is 0.327 e. The van der Waals surface area contributed by atoms with Crippen LogP contribution in [-0.2, 0) is 0 Å². The van der Waals surface area contributed by atoms with E-state index in [-0.39, 0.29) is 17.1 Å². The first-order valence-electron chi connectivity index (χ1n) is 6.00. The maximum absolute atomic E-state index is 12.9. The molecule has 2 aromatic carbocycles. The first kappa shape index (κ1) is 14.6. The van der Waals surface area contributed by atoms with Gasteiger partial charge in [0.2, 0.25) is 0 Å². The van der Waals surface area contributed by atoms with Gasteiger partial charge in [0.1, 0.15) is 5.82 Å². The van der Waals surface area contributed by atoms with Crippen molar-refractivity contribution < 1.29 is 4.39 Å². The Kier molecular flexibility index (Phi) is 5.02. The standard InChI is InChI=1S/C15H15BrFNS/c1-10(18)15(13-4-2-3-5-14(13)16)19-12-8-6-11(17)7-9-12/h2-10,15H,18H2,1H3. The number of nitrogens with two attached hydrogens (primary N) is 1. The van der Waals surface area contributed by atoms with Crippen LogP contribution in [0.5, 0.6) is 0 Å². The molecule has 0 bridgehead atoms. The van der Waals surface area contributed by atoms with Gasteiger partial charge in [-0.2, -0.15) is 0 Å². The summed E-state index contributed by atoms with van der Waals surface area (Å²) in [6, 6.07) is 14.6. The fourth-order valence-corrected chi connectivity index (χ4v) is 3.64. The van der Waals surface area contributed by atoms with Crippen molar-refractivity contribution in [3.05, 3.63) is 64.4 Å². The zero-order valence-electron chi connectivity index (χ0n) is 10.5. The van der Waals surface area contributed by atoms with Gasteiger partial charge in [0.15, 0.2) is 0 Å². The highest BCUT2D eigenvalue weighted by Gasteiger charge is 2.19. The van der Waals surface area contributed by atoms with Gasteiger partial charge in [-0.3, -0.25) is 0 Å². The average Bonchev–Trinajstić information content (AvgIpc) is 2.39. The Balaban J connectivity index is 2.27. The maximum atomic E-state index is 12.9. The molecule has 0 fully saturated rings. The Morgan fingerprint density at radius 3 is 2.32 bits per heavy atom. The van der Waals surface area contributed by atoms with Crippen LogP contribution in [0.15, 0.2) is 57.9 Å². The molecule has 0 amide bonds. The molecule has 0 aliphatic rings. The quantitative estimate of drug-likeness (QED) is 0.812. The van der Waals surface area contributed by atoms with Crippen molar-refractivity contribution in [2.75, 3.05) is 0 Å². The lowest BCUT2D eigenvalue weighted by molar-refractivity contribution is 0.626. The van der Waals surface area contributed by atoms with Crippen molar-refractivity contribution >= 4 is 27.7 Å². The molecule has 2 N–H and O–H groups in total. The molecule has 0 saturated carbocycles. The van der Waals surface area contributed by atoms with E-state index in [4.69, 9.17) is 5.73 Å². The van der Waals surface area contributed by atoms with Gasteiger partial charge < -0.3 is 5.73 Å². The van der Waals surface area contributed by atoms with E-state index in [1.807, 2.05) is 25.1 Å². The number of hydrogen-bond acceptors (Lipinski definition) is 2. The Bertz CT molecular complexity index is 542. The summed E-state index contributed by atoms with van der Waals surface area (Å²) >= 11 is 5.21. The lowest BCUT2D eigenvalue weighted by Gasteiger charge is -2.22. The lowest BCUT2D eigenvalue weighted by Crippen LogP contribution is -2.22. The van der Waals surface area contributed by atoms with Crippen molar-refractivity contribution in [1.82, 2.24) is 0 Å². The van der Waals surface area contributed by atoms with E-state index in [1.165, 1.54) is 12.1 Å². The number of hydrogen-bond donors (Lipinski definition) is 1. The van der Waals surface area contributed by atoms with Crippen molar-refractivity contribution in [3.8, 4) is 0 Å². The highest BCUT2D eigenvalue weighted by atomic mass is 79.9. The zero-order valence-corrected chi connectivity index (χ0v) is 12.9. The third-order valence-corrected chi connectivity index (χ3v) is 4.97. The molecule has 0 radical (unpaired) electrons. The summed E-state index contributed by atoms with van der Waals surface area (Å²) in [6.45, 7) is 1.99. The third-order valence-electron chi connectivity index (χ3n) is 2.77. The number of halogens is 2. The highest BCUT2D eigenvalue weighted by molar-refractivity contribution is 9.10. The van der Waals surface area contributed by atoms with E-state index < -0.39 is 0 Å². The van der Waals surface area contributed by atoms with Crippen LogP contribution in [0, 0.1) is 5.82 Å². The second-order valence-corrected chi connectivity index (χ2v) is 6.44. The van der Waals surface area contributed by atoms with Gasteiger partial charge in [-0.1, -0.05) is 34.1 Å². The second kappa shape index (κ2) is 6.55. The van der Waals surface area contributed by atoms with Gasteiger partial charge >= 0.3 is 0 Å². The minimum absolute atomic E-state index is 0.00578. The molecular formula is C15H15BrFNS. The molecule has 0 aromatic heterocycles. The number of rotatable bonds is 4. The minimum Gasteiger partial charge on any atom is -0.327 e. The molecule has 2 aromatic rings. The van der Waals surface area contributed by atoms with E-state index >= 15 is 0 Å². The van der Waals surface area contributed by atoms with Crippen LogP contribution in [0.4, 0.5) is 4.39 Å². The number of benzene rings is 2. The summed E-state index contributed by atoms with van der Waals surface area (Å²) in [4.78, 5) is 1.01. The molecule has 0 spiro atoms. The van der Waals surface area contributed by atoms with Gasteiger partial charge in [-0.05, 0) is 42.8 Å². The molecular weight excluding hydrogens is 325 g/mol. The summed E-state index contributed by atoms with van der Waals surface area (Å²) in [5.41, 5.74) is 7.26. The first-order chi connectivity index (χ1) is 9.08. The zero-order chi connectivity index (χ0) is 13.8. The fourth-order valence-electron chi connectivity index (χ4n) is 1.82. The van der Waals surface area contributed by atoms with Gasteiger partial charge in [0, 0.05) is 15.4 Å². The third kappa shape index (κ3) is 3.81. The van der Waals surface area contributed by atoms with Crippen LogP contribution in [0.25, 0.3) is 0 Å². The van der Waals surface area contributed by atoms with Gasteiger partial charge in [-0.25, -0.2) is 4.39 Å². The predicted molar refractivity (Wildman–Crippen MR) is 82.8 cm³/mol. The Morgan fingerprint density at radius 1 is 1.11 bits per heavy atom. The minimum atomic E-state index is -0.220. The van der Waals surface area contributed by atoms with Crippen LogP contribution in [-0.4, -0.2) is 6.04 Å². The Labute approximate surface area is 125 Å². The molecule has 100 valence electrons. The van der Waals surface area contributed by atoms with E-state index in [0.717, 1.165) is 14.9 Å². The first-order valence-corrected chi connectivity index (χ1v) is 7.67. The maximum Gasteiger partial charge on any atom is 0.123 e. The fraction of sp³-hybridized carbons (Fsp3) is 0.200. The number of thioether (sulfide) groups is 1. The second-order valence-electron chi connectivity index (χ2n) is 4.37. The van der Waals surface area contributed by atoms with Crippen LogP contribution in [0.3, 0.4) is 0 Å². The molecule has 2 unspecified atom stereocenters. The molecule has 2 atom stereocenters. The summed E-state index contributed by atoms with van der Waals surface area (Å²) in [6.07, 6.45) is 0. The van der Waals surface area contributed by atoms with Crippen molar-refractivity contribution in [1.29, 1.82) is 0 Å². The van der Waals surface area contributed by atoms with Gasteiger partial charge in [-0.15, -0.1) is 11.8 Å². The van der Waals surface area contributed by atoms with Gasteiger partial charge in [0.05, 0.1) is 5.25 Å². The van der Waals surface area contributed by atoms with Crippen molar-refractivity contribution in [3.63, 3.8) is 0 Å². The predicted octanol–water partition coefficient (Wildman–Crippen LogP) is 4.77. The summed E-state index contributed by atoms with van der Waals surface area (Å²) in [7, 11) is 0. The molecule has 0 aliphatic heterocycles. The smallest absolute Gasteiger partial charge is 0.123 e. The van der Waals surface area contributed by atoms with Gasteiger partial charge in [0.25, 0.3) is 0 Å². The Hall–Kier alpha value is -0.840. The van der Waals surface area contributed by atoms with Crippen LogP contribution in [0.1, 0.15) is 17.7 Å². The average molecular weight is 340 g/mol. The molecule has 1 nitrogen and oxygen atoms in total. The molecule has 0 saturated heterocycles. The van der Waals surface area contributed by atoms with Crippen LogP contribution < -0.4 is 5.73 Å². The molecule has 0 aliphatic carbocycles. The topological polar surface area (TPSA) is 26.0 Å². The SMILES string of the molecule is CC(N)C(Sc1ccc(F)cc1)c1ccccc1Br. The van der Waals surface area contributed by atoms with E-state index in [0.29, 0.717) is 0 Å². The lowest BCUT2D eigenvalue weighted by atomic mass is 10.1.